The third kappa shape index (κ3) is 7.21. The van der Waals surface area contributed by atoms with Gasteiger partial charge in [-0.15, -0.1) is 0 Å². The molecule has 2 N–H and O–H groups in total. The number of halogens is 2. The van der Waals surface area contributed by atoms with Gasteiger partial charge in [0, 0.05) is 19.4 Å². The molecular formula is C24H17BrIN3O3. The molecule has 3 aromatic rings. The normalized spacial score (nSPS) is 10.7. The molecule has 0 atom stereocenters. The van der Waals surface area contributed by atoms with Crippen molar-refractivity contribution in [3.05, 3.63) is 92.0 Å². The molecule has 0 saturated heterocycles. The molecule has 0 aromatic heterocycles. The van der Waals surface area contributed by atoms with E-state index >= 15 is 0 Å². The summed E-state index contributed by atoms with van der Waals surface area (Å²) in [6.07, 6.45) is 1.49. The number of carbonyl (C=O) groups is 2. The standard InChI is InChI=1S/C24H17BrIN3O3/c25-18-3-7-21(8-4-18)29-24(31)17(14-27)13-16-1-11-22(12-2-16)32-15-23(30)28-20-9-5-19(26)6-10-20/h1-13H,15H2,(H,28,30)(H,29,31)/b17-13-. The SMILES string of the molecule is N#C/C(=C/c1ccc(OCC(=O)Nc2ccc(I)cc2)cc1)C(=O)Nc1ccc(Br)cc1. The molecule has 0 unspecified atom stereocenters. The van der Waals surface area contributed by atoms with Gasteiger partial charge < -0.3 is 15.4 Å². The maximum atomic E-state index is 12.4. The quantitative estimate of drug-likeness (QED) is 0.209. The minimum Gasteiger partial charge on any atom is -0.484 e. The number of amides is 2. The molecule has 0 aliphatic heterocycles. The second-order valence-corrected chi connectivity index (χ2v) is 8.70. The lowest BCUT2D eigenvalue weighted by Gasteiger charge is -2.08. The van der Waals surface area contributed by atoms with Crippen LogP contribution in [0.5, 0.6) is 5.75 Å². The van der Waals surface area contributed by atoms with Gasteiger partial charge >= 0.3 is 0 Å². The summed E-state index contributed by atoms with van der Waals surface area (Å²) in [7, 11) is 0. The van der Waals surface area contributed by atoms with E-state index in [1.807, 2.05) is 30.3 Å². The van der Waals surface area contributed by atoms with Crippen LogP contribution in [0, 0.1) is 14.9 Å². The van der Waals surface area contributed by atoms with Crippen LogP contribution in [0.3, 0.4) is 0 Å². The summed E-state index contributed by atoms with van der Waals surface area (Å²) in [5, 5.41) is 14.8. The molecule has 0 aliphatic carbocycles. The average Bonchev–Trinajstić information content (AvgIpc) is 2.80. The van der Waals surface area contributed by atoms with Gasteiger partial charge in [0.1, 0.15) is 17.4 Å². The summed E-state index contributed by atoms with van der Waals surface area (Å²) >= 11 is 5.52. The van der Waals surface area contributed by atoms with Crippen molar-refractivity contribution in [2.24, 2.45) is 0 Å². The summed E-state index contributed by atoms with van der Waals surface area (Å²) in [5.41, 5.74) is 1.92. The van der Waals surface area contributed by atoms with E-state index in [-0.39, 0.29) is 18.1 Å². The van der Waals surface area contributed by atoms with E-state index < -0.39 is 5.91 Å². The first-order chi connectivity index (χ1) is 15.4. The van der Waals surface area contributed by atoms with Crippen LogP contribution in [-0.2, 0) is 9.59 Å². The molecule has 6 nitrogen and oxygen atoms in total. The minimum absolute atomic E-state index is 0.0292. The van der Waals surface area contributed by atoms with Gasteiger partial charge in [0.05, 0.1) is 0 Å². The van der Waals surface area contributed by atoms with Gasteiger partial charge in [-0.05, 0) is 94.9 Å². The van der Waals surface area contributed by atoms with Crippen molar-refractivity contribution in [3.63, 3.8) is 0 Å². The zero-order chi connectivity index (χ0) is 22.9. The third-order valence-corrected chi connectivity index (χ3v) is 5.40. The van der Waals surface area contributed by atoms with Crippen LogP contribution in [0.1, 0.15) is 5.56 Å². The Balaban J connectivity index is 1.56. The zero-order valence-corrected chi connectivity index (χ0v) is 20.4. The van der Waals surface area contributed by atoms with Gasteiger partial charge in [-0.1, -0.05) is 28.1 Å². The topological polar surface area (TPSA) is 91.2 Å². The van der Waals surface area contributed by atoms with E-state index in [0.717, 1.165) is 8.04 Å². The van der Waals surface area contributed by atoms with E-state index in [2.05, 4.69) is 49.2 Å². The van der Waals surface area contributed by atoms with Gasteiger partial charge in [0.25, 0.3) is 11.8 Å². The largest absolute Gasteiger partial charge is 0.484 e. The van der Waals surface area contributed by atoms with Gasteiger partial charge in [0.2, 0.25) is 0 Å². The number of anilines is 2. The van der Waals surface area contributed by atoms with Crippen LogP contribution in [0.2, 0.25) is 0 Å². The number of ether oxygens (including phenoxy) is 1. The van der Waals surface area contributed by atoms with E-state index in [9.17, 15) is 14.9 Å². The Morgan fingerprint density at radius 3 is 2.16 bits per heavy atom. The Kier molecular flexibility index (Phi) is 8.41. The van der Waals surface area contributed by atoms with Gasteiger partial charge in [-0.3, -0.25) is 9.59 Å². The first kappa shape index (κ1) is 23.5. The fraction of sp³-hybridized carbons (Fsp3) is 0.0417. The molecule has 0 radical (unpaired) electrons. The molecule has 0 heterocycles. The monoisotopic (exact) mass is 601 g/mol. The molecular weight excluding hydrogens is 585 g/mol. The predicted octanol–water partition coefficient (Wildman–Crippen LogP) is 5.62. The van der Waals surface area contributed by atoms with Crippen molar-refractivity contribution < 1.29 is 14.3 Å². The fourth-order valence-electron chi connectivity index (χ4n) is 2.59. The Morgan fingerprint density at radius 1 is 0.938 bits per heavy atom. The number of hydrogen-bond donors (Lipinski definition) is 2. The first-order valence-electron chi connectivity index (χ1n) is 9.40. The number of hydrogen-bond acceptors (Lipinski definition) is 4. The molecule has 0 saturated carbocycles. The Bertz CT molecular complexity index is 1170. The molecule has 3 aromatic carbocycles. The van der Waals surface area contributed by atoms with E-state index in [0.29, 0.717) is 22.7 Å². The van der Waals surface area contributed by atoms with E-state index in [1.165, 1.54) is 6.08 Å². The van der Waals surface area contributed by atoms with Gasteiger partial charge in [-0.2, -0.15) is 5.26 Å². The zero-order valence-electron chi connectivity index (χ0n) is 16.6. The number of nitrogens with one attached hydrogen (secondary N) is 2. The Morgan fingerprint density at radius 2 is 1.53 bits per heavy atom. The number of carbonyl (C=O) groups excluding carboxylic acids is 2. The second kappa shape index (κ2) is 11.5. The van der Waals surface area contributed by atoms with Crippen molar-refractivity contribution in [2.45, 2.75) is 0 Å². The summed E-state index contributed by atoms with van der Waals surface area (Å²) in [4.78, 5) is 24.4. The van der Waals surface area contributed by atoms with Crippen LogP contribution in [0.4, 0.5) is 11.4 Å². The Labute approximate surface area is 207 Å². The second-order valence-electron chi connectivity index (χ2n) is 6.54. The van der Waals surface area contributed by atoms with Gasteiger partial charge in [0.15, 0.2) is 6.61 Å². The average molecular weight is 602 g/mol. The lowest BCUT2D eigenvalue weighted by molar-refractivity contribution is -0.118. The van der Waals surface area contributed by atoms with Crippen LogP contribution >= 0.6 is 38.5 Å². The smallest absolute Gasteiger partial charge is 0.266 e. The third-order valence-electron chi connectivity index (χ3n) is 4.16. The van der Waals surface area contributed by atoms with Crippen molar-refractivity contribution >= 4 is 67.8 Å². The lowest BCUT2D eigenvalue weighted by Crippen LogP contribution is -2.20. The number of nitriles is 1. The lowest BCUT2D eigenvalue weighted by atomic mass is 10.1. The Hall–Kier alpha value is -3.16. The summed E-state index contributed by atoms with van der Waals surface area (Å²) in [5.74, 6) is -0.272. The summed E-state index contributed by atoms with van der Waals surface area (Å²) in [6, 6.07) is 23.2. The van der Waals surface area contributed by atoms with Crippen molar-refractivity contribution in [1.82, 2.24) is 0 Å². The fourth-order valence-corrected chi connectivity index (χ4v) is 3.21. The highest BCUT2D eigenvalue weighted by Crippen LogP contribution is 2.18. The highest BCUT2D eigenvalue weighted by Gasteiger charge is 2.10. The predicted molar refractivity (Wildman–Crippen MR) is 136 cm³/mol. The maximum Gasteiger partial charge on any atom is 0.266 e. The van der Waals surface area contributed by atoms with Crippen LogP contribution in [-0.4, -0.2) is 18.4 Å². The van der Waals surface area contributed by atoms with Crippen LogP contribution in [0.25, 0.3) is 6.08 Å². The molecule has 8 heteroatoms. The summed E-state index contributed by atoms with van der Waals surface area (Å²) < 4.78 is 7.47. The molecule has 0 aliphatic rings. The molecule has 160 valence electrons. The maximum absolute atomic E-state index is 12.4. The molecule has 32 heavy (non-hydrogen) atoms. The molecule has 0 fully saturated rings. The van der Waals surface area contributed by atoms with Crippen molar-refractivity contribution in [2.75, 3.05) is 17.2 Å². The van der Waals surface area contributed by atoms with Crippen LogP contribution < -0.4 is 15.4 Å². The van der Waals surface area contributed by atoms with Crippen LogP contribution in [0.15, 0.2) is 82.8 Å². The van der Waals surface area contributed by atoms with Crippen molar-refractivity contribution in [3.8, 4) is 11.8 Å². The molecule has 0 bridgehead atoms. The first-order valence-corrected chi connectivity index (χ1v) is 11.3. The number of benzene rings is 3. The highest BCUT2D eigenvalue weighted by molar-refractivity contribution is 14.1. The minimum atomic E-state index is -0.498. The number of nitrogens with zero attached hydrogens (tertiary/aromatic N) is 1. The van der Waals surface area contributed by atoms with Gasteiger partial charge in [-0.25, -0.2) is 0 Å². The highest BCUT2D eigenvalue weighted by atomic mass is 127. The molecule has 3 rings (SSSR count). The van der Waals surface area contributed by atoms with E-state index in [4.69, 9.17) is 4.74 Å². The van der Waals surface area contributed by atoms with E-state index in [1.54, 1.807) is 48.5 Å². The van der Waals surface area contributed by atoms with Crippen molar-refractivity contribution in [1.29, 1.82) is 5.26 Å². The molecule has 0 spiro atoms. The molecule has 2 amide bonds. The summed E-state index contributed by atoms with van der Waals surface area (Å²) in [6.45, 7) is -0.139. The number of rotatable bonds is 7.